The van der Waals surface area contributed by atoms with Crippen molar-refractivity contribution >= 4 is 0 Å². The molecule has 1 heteroatoms. The topological polar surface area (TPSA) is 9.23 Å². The number of hydrogen-bond acceptors (Lipinski definition) is 1. The first kappa shape index (κ1) is 9.05. The molecule has 1 heterocycles. The van der Waals surface area contributed by atoms with Crippen LogP contribution in [0.15, 0.2) is 0 Å². The first-order chi connectivity index (χ1) is 5.27. The molecule has 1 rings (SSSR count). The minimum atomic E-state index is 0.549. The summed E-state index contributed by atoms with van der Waals surface area (Å²) in [6.45, 7) is 6.59. The van der Waals surface area contributed by atoms with Gasteiger partial charge in [0.25, 0.3) is 0 Å². The lowest BCUT2D eigenvalue weighted by Gasteiger charge is -2.38. The van der Waals surface area contributed by atoms with E-state index in [1.165, 1.54) is 32.1 Å². The lowest BCUT2D eigenvalue weighted by atomic mass is 9.83. The first-order valence-electron chi connectivity index (χ1n) is 4.85. The van der Waals surface area contributed by atoms with Gasteiger partial charge in [0.2, 0.25) is 0 Å². The third kappa shape index (κ3) is 2.82. The zero-order chi connectivity index (χ0) is 8.16. The van der Waals surface area contributed by atoms with E-state index in [2.05, 4.69) is 13.8 Å². The molecule has 1 fully saturated rings. The van der Waals surface area contributed by atoms with E-state index in [4.69, 9.17) is 4.74 Å². The zero-order valence-corrected chi connectivity index (χ0v) is 7.86. The Bertz CT molecular complexity index is 105. The van der Waals surface area contributed by atoms with Crippen LogP contribution >= 0.6 is 0 Å². The molecule has 66 valence electrons. The molecule has 0 bridgehead atoms. The second-order valence-corrected chi connectivity index (χ2v) is 4.11. The molecule has 1 aliphatic heterocycles. The Morgan fingerprint density at radius 2 is 1.91 bits per heavy atom. The van der Waals surface area contributed by atoms with Gasteiger partial charge in [0, 0.05) is 5.41 Å². The van der Waals surface area contributed by atoms with Crippen molar-refractivity contribution in [1.82, 2.24) is 0 Å². The van der Waals surface area contributed by atoms with Crippen LogP contribution in [-0.2, 0) is 4.74 Å². The molecule has 0 aliphatic carbocycles. The Labute approximate surface area is 70.1 Å². The number of hydrogen-bond donors (Lipinski definition) is 0. The van der Waals surface area contributed by atoms with Gasteiger partial charge in [0.05, 0.1) is 13.2 Å². The summed E-state index contributed by atoms with van der Waals surface area (Å²) in [5.74, 6) is 0. The van der Waals surface area contributed by atoms with Gasteiger partial charge in [0.1, 0.15) is 0 Å². The summed E-state index contributed by atoms with van der Waals surface area (Å²) in [4.78, 5) is 0. The van der Waals surface area contributed by atoms with Gasteiger partial charge in [-0.05, 0) is 6.42 Å². The minimum Gasteiger partial charge on any atom is -0.380 e. The Morgan fingerprint density at radius 3 is 2.36 bits per heavy atom. The molecule has 1 saturated heterocycles. The van der Waals surface area contributed by atoms with Gasteiger partial charge < -0.3 is 4.74 Å². The Hall–Kier alpha value is -0.0400. The van der Waals surface area contributed by atoms with Crippen LogP contribution in [-0.4, -0.2) is 13.2 Å². The molecule has 0 unspecified atom stereocenters. The monoisotopic (exact) mass is 156 g/mol. The highest BCUT2D eigenvalue weighted by Gasteiger charge is 2.32. The van der Waals surface area contributed by atoms with Gasteiger partial charge in [0.15, 0.2) is 0 Å². The number of unbranched alkanes of at least 4 members (excludes halogenated alkanes) is 3. The SMILES string of the molecule is CCCCCCC1(C)COC1. The molecule has 0 saturated carbocycles. The van der Waals surface area contributed by atoms with E-state index in [0.29, 0.717) is 5.41 Å². The molecule has 0 amide bonds. The summed E-state index contributed by atoms with van der Waals surface area (Å²) in [5, 5.41) is 0. The molecule has 1 aliphatic rings. The average molecular weight is 156 g/mol. The third-order valence-corrected chi connectivity index (χ3v) is 2.53. The quantitative estimate of drug-likeness (QED) is 0.556. The second-order valence-electron chi connectivity index (χ2n) is 4.11. The van der Waals surface area contributed by atoms with E-state index in [9.17, 15) is 0 Å². The summed E-state index contributed by atoms with van der Waals surface area (Å²) >= 11 is 0. The van der Waals surface area contributed by atoms with Gasteiger partial charge in [-0.3, -0.25) is 0 Å². The highest BCUT2D eigenvalue weighted by atomic mass is 16.5. The van der Waals surface area contributed by atoms with E-state index < -0.39 is 0 Å². The van der Waals surface area contributed by atoms with Crippen molar-refractivity contribution in [3.63, 3.8) is 0 Å². The van der Waals surface area contributed by atoms with Crippen LogP contribution in [0.2, 0.25) is 0 Å². The van der Waals surface area contributed by atoms with E-state index in [-0.39, 0.29) is 0 Å². The maximum Gasteiger partial charge on any atom is 0.0542 e. The predicted octanol–water partition coefficient (Wildman–Crippen LogP) is 2.99. The largest absolute Gasteiger partial charge is 0.380 e. The molecule has 0 aromatic rings. The molecule has 0 atom stereocenters. The molecule has 11 heavy (non-hydrogen) atoms. The van der Waals surface area contributed by atoms with Crippen LogP contribution in [0.3, 0.4) is 0 Å². The van der Waals surface area contributed by atoms with Gasteiger partial charge >= 0.3 is 0 Å². The van der Waals surface area contributed by atoms with Crippen molar-refractivity contribution in [2.75, 3.05) is 13.2 Å². The van der Waals surface area contributed by atoms with Crippen LogP contribution in [0.5, 0.6) is 0 Å². The molecule has 0 spiro atoms. The van der Waals surface area contributed by atoms with E-state index in [0.717, 1.165) is 13.2 Å². The first-order valence-corrected chi connectivity index (χ1v) is 4.85. The molecule has 0 aromatic heterocycles. The van der Waals surface area contributed by atoms with Crippen molar-refractivity contribution < 1.29 is 4.74 Å². The van der Waals surface area contributed by atoms with Crippen LogP contribution in [0.25, 0.3) is 0 Å². The summed E-state index contributed by atoms with van der Waals surface area (Å²) in [6, 6.07) is 0. The van der Waals surface area contributed by atoms with Crippen molar-refractivity contribution in [2.24, 2.45) is 5.41 Å². The molecule has 1 nitrogen and oxygen atoms in total. The van der Waals surface area contributed by atoms with Crippen molar-refractivity contribution in [3.05, 3.63) is 0 Å². The van der Waals surface area contributed by atoms with E-state index >= 15 is 0 Å². The van der Waals surface area contributed by atoms with Gasteiger partial charge in [-0.2, -0.15) is 0 Å². The molecular weight excluding hydrogens is 136 g/mol. The Morgan fingerprint density at radius 1 is 1.18 bits per heavy atom. The van der Waals surface area contributed by atoms with Crippen molar-refractivity contribution in [2.45, 2.75) is 46.0 Å². The lowest BCUT2D eigenvalue weighted by Crippen LogP contribution is -2.39. The van der Waals surface area contributed by atoms with Crippen molar-refractivity contribution in [3.8, 4) is 0 Å². The normalized spacial score (nSPS) is 21.3. The lowest BCUT2D eigenvalue weighted by molar-refractivity contribution is -0.106. The predicted molar refractivity (Wildman–Crippen MR) is 47.7 cm³/mol. The van der Waals surface area contributed by atoms with Gasteiger partial charge in [-0.1, -0.05) is 39.5 Å². The molecule has 0 radical (unpaired) electrons. The molecule has 0 aromatic carbocycles. The fourth-order valence-corrected chi connectivity index (χ4v) is 1.57. The summed E-state index contributed by atoms with van der Waals surface area (Å²) in [7, 11) is 0. The average Bonchev–Trinajstić information content (AvgIpc) is 1.95. The summed E-state index contributed by atoms with van der Waals surface area (Å²) in [6.07, 6.45) is 6.91. The maximum atomic E-state index is 5.19. The standard InChI is InChI=1S/C10H20O/c1-3-4-5-6-7-10(2)8-11-9-10/h3-9H2,1-2H3. The Kier molecular flexibility index (Phi) is 3.38. The second kappa shape index (κ2) is 4.10. The zero-order valence-electron chi connectivity index (χ0n) is 7.86. The van der Waals surface area contributed by atoms with Gasteiger partial charge in [-0.25, -0.2) is 0 Å². The van der Waals surface area contributed by atoms with Crippen LogP contribution in [0, 0.1) is 5.41 Å². The number of rotatable bonds is 5. The van der Waals surface area contributed by atoms with Crippen molar-refractivity contribution in [1.29, 1.82) is 0 Å². The number of ether oxygens (including phenoxy) is 1. The fraction of sp³-hybridized carbons (Fsp3) is 1.00. The maximum absolute atomic E-state index is 5.19. The fourth-order valence-electron chi connectivity index (χ4n) is 1.57. The third-order valence-electron chi connectivity index (χ3n) is 2.53. The van der Waals surface area contributed by atoms with E-state index in [1.807, 2.05) is 0 Å². The minimum absolute atomic E-state index is 0.549. The van der Waals surface area contributed by atoms with Gasteiger partial charge in [-0.15, -0.1) is 0 Å². The molecule has 0 N–H and O–H groups in total. The van der Waals surface area contributed by atoms with Crippen LogP contribution in [0.1, 0.15) is 46.0 Å². The summed E-state index contributed by atoms with van der Waals surface area (Å²) in [5.41, 5.74) is 0.549. The molecular formula is C10H20O. The van der Waals surface area contributed by atoms with E-state index in [1.54, 1.807) is 0 Å². The highest BCUT2D eigenvalue weighted by Crippen LogP contribution is 2.32. The Balaban J connectivity index is 1.94. The van der Waals surface area contributed by atoms with Crippen LogP contribution < -0.4 is 0 Å². The van der Waals surface area contributed by atoms with Crippen LogP contribution in [0.4, 0.5) is 0 Å². The summed E-state index contributed by atoms with van der Waals surface area (Å²) < 4.78 is 5.19. The highest BCUT2D eigenvalue weighted by molar-refractivity contribution is 4.80. The smallest absolute Gasteiger partial charge is 0.0542 e.